The Morgan fingerprint density at radius 3 is 2.62 bits per heavy atom. The van der Waals surface area contributed by atoms with Gasteiger partial charge in [0.2, 0.25) is 0 Å². The van der Waals surface area contributed by atoms with Crippen molar-refractivity contribution in [2.75, 3.05) is 13.1 Å². The van der Waals surface area contributed by atoms with E-state index in [0.717, 1.165) is 25.2 Å². The molecule has 0 aromatic heterocycles. The first-order chi connectivity index (χ1) is 7.78. The number of rotatable bonds is 2. The first-order valence-corrected chi connectivity index (χ1v) is 5.70. The largest absolute Gasteiger partial charge is 0.299 e. The smallest absolute Gasteiger partial charge is 0.124 e. The van der Waals surface area contributed by atoms with Gasteiger partial charge in [-0.15, -0.1) is 0 Å². The molecule has 0 amide bonds. The molecule has 1 aliphatic heterocycles. The molecule has 0 aliphatic carbocycles. The Morgan fingerprint density at radius 2 is 1.94 bits per heavy atom. The van der Waals surface area contributed by atoms with E-state index >= 15 is 0 Å². The van der Waals surface area contributed by atoms with Crippen LogP contribution in [0.3, 0.4) is 0 Å². The lowest BCUT2D eigenvalue weighted by molar-refractivity contribution is 0.220. The molecule has 1 fully saturated rings. The minimum atomic E-state index is -0.314. The molecule has 3 heteroatoms. The zero-order valence-electron chi connectivity index (χ0n) is 9.25. The second kappa shape index (κ2) is 5.09. The fraction of sp³-hybridized carbons (Fsp3) is 0.462. The van der Waals surface area contributed by atoms with Crippen LogP contribution in [0.2, 0.25) is 0 Å². The van der Waals surface area contributed by atoms with Gasteiger partial charge >= 0.3 is 0 Å². The van der Waals surface area contributed by atoms with Crippen molar-refractivity contribution < 1.29 is 4.39 Å². The van der Waals surface area contributed by atoms with Crippen molar-refractivity contribution in [2.24, 2.45) is 0 Å². The van der Waals surface area contributed by atoms with Gasteiger partial charge in [0.05, 0.1) is 11.6 Å². The Hall–Kier alpha value is -1.40. The van der Waals surface area contributed by atoms with Crippen LogP contribution in [-0.4, -0.2) is 18.0 Å². The molecular weight excluding hydrogens is 203 g/mol. The van der Waals surface area contributed by atoms with Crippen LogP contribution >= 0.6 is 0 Å². The second-order valence-corrected chi connectivity index (χ2v) is 4.30. The van der Waals surface area contributed by atoms with Crippen LogP contribution in [0.25, 0.3) is 0 Å². The molecule has 1 aromatic carbocycles. The minimum Gasteiger partial charge on any atom is -0.299 e. The fourth-order valence-corrected chi connectivity index (χ4v) is 2.18. The molecule has 1 saturated heterocycles. The van der Waals surface area contributed by atoms with Crippen molar-refractivity contribution in [1.82, 2.24) is 4.90 Å². The standard InChI is InChI=1S/C13H15FN2/c14-13-7-11(9-15)6-12(8-13)10-16-4-2-1-3-5-16/h6-8H,1-5,10H2. The van der Waals surface area contributed by atoms with Crippen LogP contribution in [0.5, 0.6) is 0 Å². The predicted octanol–water partition coefficient (Wildman–Crippen LogP) is 2.68. The lowest BCUT2D eigenvalue weighted by atomic mass is 10.1. The number of nitriles is 1. The van der Waals surface area contributed by atoms with Gasteiger partial charge in [-0.1, -0.05) is 6.42 Å². The van der Waals surface area contributed by atoms with Crippen LogP contribution < -0.4 is 0 Å². The first-order valence-electron chi connectivity index (χ1n) is 5.70. The molecule has 1 aliphatic rings. The third-order valence-electron chi connectivity index (χ3n) is 2.94. The van der Waals surface area contributed by atoms with E-state index in [0.29, 0.717) is 5.56 Å². The van der Waals surface area contributed by atoms with Gasteiger partial charge in [0.25, 0.3) is 0 Å². The lowest BCUT2D eigenvalue weighted by Crippen LogP contribution is -2.29. The maximum Gasteiger partial charge on any atom is 0.124 e. The van der Waals surface area contributed by atoms with Gasteiger partial charge in [-0.25, -0.2) is 4.39 Å². The summed E-state index contributed by atoms with van der Waals surface area (Å²) in [5, 5.41) is 8.76. The summed E-state index contributed by atoms with van der Waals surface area (Å²) in [6, 6.07) is 6.56. The van der Waals surface area contributed by atoms with E-state index in [1.165, 1.54) is 31.4 Å². The molecule has 0 radical (unpaired) electrons. The molecule has 1 aromatic rings. The number of halogens is 1. The summed E-state index contributed by atoms with van der Waals surface area (Å²) in [4.78, 5) is 2.32. The highest BCUT2D eigenvalue weighted by Gasteiger charge is 2.11. The average molecular weight is 218 g/mol. The Bertz CT molecular complexity index is 403. The first kappa shape index (κ1) is 11.1. The SMILES string of the molecule is N#Cc1cc(F)cc(CN2CCCCC2)c1. The third-order valence-corrected chi connectivity index (χ3v) is 2.94. The predicted molar refractivity (Wildman–Crippen MR) is 60.2 cm³/mol. The zero-order chi connectivity index (χ0) is 11.4. The van der Waals surface area contributed by atoms with E-state index in [2.05, 4.69) is 4.90 Å². The van der Waals surface area contributed by atoms with E-state index in [1.54, 1.807) is 6.07 Å². The van der Waals surface area contributed by atoms with Gasteiger partial charge < -0.3 is 0 Å². The van der Waals surface area contributed by atoms with Crippen LogP contribution in [-0.2, 0) is 6.54 Å². The average Bonchev–Trinajstić information content (AvgIpc) is 2.29. The number of hydrogen-bond donors (Lipinski definition) is 0. The van der Waals surface area contributed by atoms with Gasteiger partial charge in [-0.2, -0.15) is 5.26 Å². The van der Waals surface area contributed by atoms with Crippen molar-refractivity contribution in [3.05, 3.63) is 35.1 Å². The molecule has 84 valence electrons. The van der Waals surface area contributed by atoms with Crippen molar-refractivity contribution in [3.63, 3.8) is 0 Å². The molecule has 1 heterocycles. The summed E-state index contributed by atoms with van der Waals surface area (Å²) in [7, 11) is 0. The van der Waals surface area contributed by atoms with Gasteiger partial charge in [0, 0.05) is 6.54 Å². The van der Waals surface area contributed by atoms with Crippen LogP contribution in [0.15, 0.2) is 18.2 Å². The van der Waals surface area contributed by atoms with Gasteiger partial charge in [0.1, 0.15) is 5.82 Å². The Balaban J connectivity index is 2.08. The summed E-state index contributed by atoms with van der Waals surface area (Å²) in [6.45, 7) is 2.92. The molecule has 0 unspecified atom stereocenters. The zero-order valence-corrected chi connectivity index (χ0v) is 9.25. The number of hydrogen-bond acceptors (Lipinski definition) is 2. The molecule has 16 heavy (non-hydrogen) atoms. The maximum atomic E-state index is 13.2. The Morgan fingerprint density at radius 1 is 1.19 bits per heavy atom. The molecule has 0 bridgehead atoms. The van der Waals surface area contributed by atoms with Gasteiger partial charge in [-0.3, -0.25) is 4.90 Å². The second-order valence-electron chi connectivity index (χ2n) is 4.30. The quantitative estimate of drug-likeness (QED) is 0.763. The topological polar surface area (TPSA) is 27.0 Å². The highest BCUT2D eigenvalue weighted by Crippen LogP contribution is 2.15. The number of piperidine rings is 1. The van der Waals surface area contributed by atoms with E-state index in [9.17, 15) is 4.39 Å². The summed E-state index contributed by atoms with van der Waals surface area (Å²) in [5.74, 6) is -0.314. The van der Waals surface area contributed by atoms with Gasteiger partial charge in [-0.05, 0) is 49.7 Å². The van der Waals surface area contributed by atoms with Crippen molar-refractivity contribution in [3.8, 4) is 6.07 Å². The normalized spacial score (nSPS) is 17.0. The van der Waals surface area contributed by atoms with Crippen LogP contribution in [0.4, 0.5) is 4.39 Å². The molecule has 2 nitrogen and oxygen atoms in total. The van der Waals surface area contributed by atoms with E-state index in [4.69, 9.17) is 5.26 Å². The maximum absolute atomic E-state index is 13.2. The molecule has 0 N–H and O–H groups in total. The van der Waals surface area contributed by atoms with Crippen molar-refractivity contribution >= 4 is 0 Å². The summed E-state index contributed by atoms with van der Waals surface area (Å²) in [6.07, 6.45) is 3.74. The summed E-state index contributed by atoms with van der Waals surface area (Å²) in [5.41, 5.74) is 1.31. The molecule has 0 atom stereocenters. The van der Waals surface area contributed by atoms with Crippen molar-refractivity contribution in [1.29, 1.82) is 5.26 Å². The summed E-state index contributed by atoms with van der Waals surface area (Å²) < 4.78 is 13.2. The molecular formula is C13H15FN2. The molecule has 2 rings (SSSR count). The van der Waals surface area contributed by atoms with Gasteiger partial charge in [0.15, 0.2) is 0 Å². The van der Waals surface area contributed by atoms with E-state index in [-0.39, 0.29) is 5.82 Å². The Kier molecular flexibility index (Phi) is 3.53. The number of benzene rings is 1. The van der Waals surface area contributed by atoms with Crippen molar-refractivity contribution in [2.45, 2.75) is 25.8 Å². The highest BCUT2D eigenvalue weighted by molar-refractivity contribution is 5.33. The van der Waals surface area contributed by atoms with E-state index < -0.39 is 0 Å². The lowest BCUT2D eigenvalue weighted by Gasteiger charge is -2.26. The summed E-state index contributed by atoms with van der Waals surface area (Å²) >= 11 is 0. The van der Waals surface area contributed by atoms with Crippen LogP contribution in [0, 0.1) is 17.1 Å². The molecule has 0 spiro atoms. The number of likely N-dealkylation sites (tertiary alicyclic amines) is 1. The monoisotopic (exact) mass is 218 g/mol. The fourth-order valence-electron chi connectivity index (χ4n) is 2.18. The third kappa shape index (κ3) is 2.80. The highest BCUT2D eigenvalue weighted by atomic mass is 19.1. The minimum absolute atomic E-state index is 0.314. The Labute approximate surface area is 95.3 Å². The molecule has 0 saturated carbocycles. The number of nitrogens with zero attached hydrogens (tertiary/aromatic N) is 2. The van der Waals surface area contributed by atoms with E-state index in [1.807, 2.05) is 6.07 Å². The van der Waals surface area contributed by atoms with Crippen LogP contribution in [0.1, 0.15) is 30.4 Å².